The number of nitriles is 1. The molecule has 3 aliphatic rings. The van der Waals surface area contributed by atoms with E-state index in [2.05, 4.69) is 19.9 Å². The van der Waals surface area contributed by atoms with Crippen LogP contribution in [0.25, 0.3) is 0 Å². The molecule has 1 unspecified atom stereocenters. The van der Waals surface area contributed by atoms with Crippen molar-refractivity contribution in [2.45, 2.75) is 149 Å². The summed E-state index contributed by atoms with van der Waals surface area (Å²) in [6.45, 7) is 4.63. The van der Waals surface area contributed by atoms with Crippen LogP contribution >= 0.6 is 0 Å². The number of rotatable bonds is 12. The summed E-state index contributed by atoms with van der Waals surface area (Å²) in [5.74, 6) is 5.98. The molecule has 0 N–H and O–H groups in total. The van der Waals surface area contributed by atoms with Crippen LogP contribution in [0.2, 0.25) is 0 Å². The van der Waals surface area contributed by atoms with Gasteiger partial charge in [-0.15, -0.1) is 0 Å². The molecule has 0 aromatic rings. The van der Waals surface area contributed by atoms with Crippen LogP contribution in [0.5, 0.6) is 0 Å². The van der Waals surface area contributed by atoms with Crippen LogP contribution in [0.4, 0.5) is 0 Å². The van der Waals surface area contributed by atoms with Crippen molar-refractivity contribution in [2.75, 3.05) is 0 Å². The van der Waals surface area contributed by atoms with E-state index in [1.54, 1.807) is 0 Å². The summed E-state index contributed by atoms with van der Waals surface area (Å²) in [5.41, 5.74) is 0. The molecule has 0 amide bonds. The molecule has 0 bridgehead atoms. The quantitative estimate of drug-likeness (QED) is 0.276. The van der Waals surface area contributed by atoms with E-state index in [9.17, 15) is 5.26 Å². The minimum Gasteiger partial charge on any atom is -0.198 e. The second kappa shape index (κ2) is 14.7. The lowest BCUT2D eigenvalue weighted by Gasteiger charge is -2.39. The molecule has 0 radical (unpaired) electrons. The van der Waals surface area contributed by atoms with E-state index < -0.39 is 0 Å². The van der Waals surface area contributed by atoms with Crippen molar-refractivity contribution >= 4 is 0 Å². The largest absolute Gasteiger partial charge is 0.198 e. The normalized spacial score (nSPS) is 34.7. The van der Waals surface area contributed by atoms with Crippen LogP contribution < -0.4 is 0 Å². The van der Waals surface area contributed by atoms with Crippen LogP contribution in [-0.4, -0.2) is 0 Å². The fourth-order valence-corrected chi connectivity index (χ4v) is 7.80. The fraction of sp³-hybridized carbons (Fsp3) is 0.968. The average Bonchev–Trinajstić information content (AvgIpc) is 2.84. The number of unbranched alkanes of at least 4 members (excludes halogenated alkanes) is 4. The van der Waals surface area contributed by atoms with Gasteiger partial charge in [0.1, 0.15) is 0 Å². The second-order valence-corrected chi connectivity index (χ2v) is 12.3. The van der Waals surface area contributed by atoms with Crippen LogP contribution in [-0.2, 0) is 0 Å². The van der Waals surface area contributed by atoms with Gasteiger partial charge >= 0.3 is 0 Å². The summed E-state index contributed by atoms with van der Waals surface area (Å²) >= 11 is 0. The molecule has 1 atom stereocenters. The Bertz CT molecular complexity index is 509. The Kier molecular flexibility index (Phi) is 12.0. The van der Waals surface area contributed by atoms with Crippen molar-refractivity contribution < 1.29 is 0 Å². The zero-order valence-electron chi connectivity index (χ0n) is 21.8. The van der Waals surface area contributed by atoms with Crippen molar-refractivity contribution in [1.29, 1.82) is 5.26 Å². The first kappa shape index (κ1) is 26.1. The van der Waals surface area contributed by atoms with Gasteiger partial charge in [0.05, 0.1) is 6.07 Å². The van der Waals surface area contributed by atoms with E-state index in [1.807, 2.05) is 0 Å². The van der Waals surface area contributed by atoms with Gasteiger partial charge in [-0.05, 0) is 80.5 Å². The zero-order valence-corrected chi connectivity index (χ0v) is 21.8. The third-order valence-corrected chi connectivity index (χ3v) is 10.1. The summed E-state index contributed by atoms with van der Waals surface area (Å²) in [4.78, 5) is 0. The molecule has 184 valence electrons. The third kappa shape index (κ3) is 8.37. The molecule has 0 spiro atoms. The maximum Gasteiger partial charge on any atom is 0.0658 e. The zero-order chi connectivity index (χ0) is 22.6. The summed E-state index contributed by atoms with van der Waals surface area (Å²) < 4.78 is 0. The first-order valence-corrected chi connectivity index (χ1v) is 15.1. The molecule has 3 fully saturated rings. The highest BCUT2D eigenvalue weighted by Gasteiger charge is 2.33. The summed E-state index contributed by atoms with van der Waals surface area (Å²) in [6.07, 6.45) is 30.0. The van der Waals surface area contributed by atoms with Gasteiger partial charge in [-0.3, -0.25) is 0 Å². The van der Waals surface area contributed by atoms with Crippen molar-refractivity contribution in [2.24, 2.45) is 41.4 Å². The molecule has 3 rings (SSSR count). The van der Waals surface area contributed by atoms with E-state index in [0.29, 0.717) is 11.8 Å². The van der Waals surface area contributed by atoms with Crippen molar-refractivity contribution in [3.63, 3.8) is 0 Å². The summed E-state index contributed by atoms with van der Waals surface area (Å²) in [6, 6.07) is 2.79. The predicted octanol–water partition coefficient (Wildman–Crippen LogP) is 10.1. The van der Waals surface area contributed by atoms with Crippen LogP contribution in [0.3, 0.4) is 0 Å². The monoisotopic (exact) mass is 441 g/mol. The van der Waals surface area contributed by atoms with Gasteiger partial charge in [0.2, 0.25) is 0 Å². The summed E-state index contributed by atoms with van der Waals surface area (Å²) in [7, 11) is 0. The maximum absolute atomic E-state index is 9.96. The smallest absolute Gasteiger partial charge is 0.0658 e. The van der Waals surface area contributed by atoms with Gasteiger partial charge in [-0.1, -0.05) is 104 Å². The highest BCUT2D eigenvalue weighted by atomic mass is 14.4. The van der Waals surface area contributed by atoms with E-state index in [4.69, 9.17) is 0 Å². The standard InChI is InChI=1S/C31H55N/c1-3-5-7-9-25-11-17-28(18-12-25)29-21-15-27(16-22-29)23-31(24-32)30-19-13-26(14-20-30)10-8-6-4-2/h25-31H,3-23H2,1-2H3/t25-,26-,27?,28-,29?,30-,31?. The highest BCUT2D eigenvalue weighted by Crippen LogP contribution is 2.45. The lowest BCUT2D eigenvalue weighted by Crippen LogP contribution is -2.28. The number of nitrogens with zero attached hydrogens (tertiary/aromatic N) is 1. The van der Waals surface area contributed by atoms with Crippen LogP contribution in [0.15, 0.2) is 0 Å². The lowest BCUT2D eigenvalue weighted by atomic mass is 9.66. The van der Waals surface area contributed by atoms with Gasteiger partial charge in [-0.2, -0.15) is 5.26 Å². The predicted molar refractivity (Wildman–Crippen MR) is 138 cm³/mol. The molecule has 0 saturated heterocycles. The first-order chi connectivity index (χ1) is 15.7. The van der Waals surface area contributed by atoms with Gasteiger partial charge < -0.3 is 0 Å². The molecule has 1 nitrogen and oxygen atoms in total. The molecule has 0 aliphatic heterocycles. The molecular weight excluding hydrogens is 386 g/mol. The fourth-order valence-electron chi connectivity index (χ4n) is 7.80. The van der Waals surface area contributed by atoms with E-state index in [0.717, 1.165) is 29.6 Å². The Morgan fingerprint density at radius 2 is 1.03 bits per heavy atom. The molecule has 3 saturated carbocycles. The Morgan fingerprint density at radius 3 is 1.47 bits per heavy atom. The van der Waals surface area contributed by atoms with E-state index in [-0.39, 0.29) is 0 Å². The SMILES string of the molecule is CCCCC[C@H]1CC[C@H](C(C#N)CC2CCC([C@H]3CC[C@H](CCCCC)CC3)CC2)CC1. The molecule has 0 aromatic carbocycles. The Labute approximate surface area is 201 Å². The summed E-state index contributed by atoms with van der Waals surface area (Å²) in [5, 5.41) is 9.96. The first-order valence-electron chi connectivity index (χ1n) is 15.1. The van der Waals surface area contributed by atoms with Crippen molar-refractivity contribution in [1.82, 2.24) is 0 Å². The highest BCUT2D eigenvalue weighted by molar-refractivity contribution is 4.93. The van der Waals surface area contributed by atoms with E-state index >= 15 is 0 Å². The van der Waals surface area contributed by atoms with E-state index in [1.165, 1.54) is 135 Å². The Hall–Kier alpha value is -0.510. The third-order valence-electron chi connectivity index (χ3n) is 10.1. The number of hydrogen-bond donors (Lipinski definition) is 0. The molecule has 3 aliphatic carbocycles. The molecular formula is C31H55N. The van der Waals surface area contributed by atoms with Crippen LogP contribution in [0.1, 0.15) is 149 Å². The second-order valence-electron chi connectivity index (χ2n) is 12.3. The topological polar surface area (TPSA) is 23.8 Å². The number of hydrogen-bond acceptors (Lipinski definition) is 1. The van der Waals surface area contributed by atoms with Gasteiger partial charge in [0, 0.05) is 5.92 Å². The lowest BCUT2D eigenvalue weighted by molar-refractivity contribution is 0.128. The Balaban J connectivity index is 1.32. The molecule has 32 heavy (non-hydrogen) atoms. The molecule has 0 heterocycles. The average molecular weight is 442 g/mol. The maximum atomic E-state index is 9.96. The van der Waals surface area contributed by atoms with Crippen molar-refractivity contribution in [3.8, 4) is 6.07 Å². The van der Waals surface area contributed by atoms with Gasteiger partial charge in [0.15, 0.2) is 0 Å². The Morgan fingerprint density at radius 1 is 0.594 bits per heavy atom. The van der Waals surface area contributed by atoms with Crippen LogP contribution in [0, 0.1) is 52.8 Å². The van der Waals surface area contributed by atoms with Gasteiger partial charge in [-0.25, -0.2) is 0 Å². The van der Waals surface area contributed by atoms with Gasteiger partial charge in [0.25, 0.3) is 0 Å². The minimum absolute atomic E-state index is 0.353. The van der Waals surface area contributed by atoms with Crippen molar-refractivity contribution in [3.05, 3.63) is 0 Å². The molecule has 0 aromatic heterocycles. The minimum atomic E-state index is 0.353. The molecule has 1 heteroatoms.